The van der Waals surface area contributed by atoms with Crippen LogP contribution in [0.4, 0.5) is 5.69 Å². The lowest BCUT2D eigenvalue weighted by molar-refractivity contribution is -0.385. The quantitative estimate of drug-likeness (QED) is 0.636. The highest BCUT2D eigenvalue weighted by atomic mass is 16.6. The number of carbonyl (C=O) groups is 1. The van der Waals surface area contributed by atoms with E-state index in [4.69, 9.17) is 0 Å². The molecule has 1 aromatic heterocycles. The van der Waals surface area contributed by atoms with Crippen molar-refractivity contribution in [1.82, 2.24) is 14.9 Å². The Labute approximate surface area is 143 Å². The summed E-state index contributed by atoms with van der Waals surface area (Å²) in [5.41, 5.74) is 1.46. The van der Waals surface area contributed by atoms with Gasteiger partial charge in [-0.2, -0.15) is 0 Å². The Balaban J connectivity index is 1.58. The summed E-state index contributed by atoms with van der Waals surface area (Å²) in [4.78, 5) is 38.7. The summed E-state index contributed by atoms with van der Waals surface area (Å²) in [6.07, 6.45) is 3.68. The van der Waals surface area contributed by atoms with Crippen molar-refractivity contribution in [2.75, 3.05) is 6.54 Å². The molecule has 1 fully saturated rings. The van der Waals surface area contributed by atoms with Gasteiger partial charge in [-0.1, -0.05) is 0 Å². The van der Waals surface area contributed by atoms with Gasteiger partial charge in [-0.05, 0) is 31.9 Å². The average Bonchev–Trinajstić information content (AvgIpc) is 3.40. The Kier molecular flexibility index (Phi) is 4.60. The Morgan fingerprint density at radius 2 is 2.16 bits per heavy atom. The molecule has 8 heteroatoms. The summed E-state index contributed by atoms with van der Waals surface area (Å²) < 4.78 is 1.45. The summed E-state index contributed by atoms with van der Waals surface area (Å²) >= 11 is 0. The molecule has 1 aliphatic carbocycles. The topological polar surface area (TPSA) is 107 Å². The fourth-order valence-electron chi connectivity index (χ4n) is 2.60. The third-order valence-electron chi connectivity index (χ3n) is 4.19. The van der Waals surface area contributed by atoms with Crippen molar-refractivity contribution in [3.63, 3.8) is 0 Å². The van der Waals surface area contributed by atoms with E-state index in [-0.39, 0.29) is 23.7 Å². The van der Waals surface area contributed by atoms with Crippen LogP contribution in [-0.4, -0.2) is 26.9 Å². The molecule has 0 unspecified atom stereocenters. The minimum Gasteiger partial charge on any atom is -0.350 e. The molecule has 1 saturated carbocycles. The maximum absolute atomic E-state index is 12.1. The van der Waals surface area contributed by atoms with Gasteiger partial charge in [0, 0.05) is 42.3 Å². The highest BCUT2D eigenvalue weighted by Gasteiger charge is 2.25. The van der Waals surface area contributed by atoms with Crippen molar-refractivity contribution in [3.8, 4) is 0 Å². The number of nitrogens with zero attached hydrogens (tertiary/aromatic N) is 3. The number of hydrogen-bond acceptors (Lipinski definition) is 5. The standard InChI is InChI=1S/C17H18N4O4/c1-11-8-13(4-5-15(11)21(24)25)17(23)18-6-7-20-10-19-14(9-16(20)22)12-2-3-12/h4-5,8-10,12H,2-3,6-7H2,1H3,(H,18,23). The number of hydrogen-bond donors (Lipinski definition) is 1. The van der Waals surface area contributed by atoms with E-state index in [0.717, 1.165) is 18.5 Å². The third kappa shape index (κ3) is 3.90. The normalized spacial score (nSPS) is 13.5. The van der Waals surface area contributed by atoms with E-state index < -0.39 is 4.92 Å². The molecule has 1 amide bonds. The molecular weight excluding hydrogens is 324 g/mol. The van der Waals surface area contributed by atoms with Gasteiger partial charge < -0.3 is 5.32 Å². The van der Waals surface area contributed by atoms with E-state index in [2.05, 4.69) is 10.3 Å². The molecule has 0 bridgehead atoms. The van der Waals surface area contributed by atoms with Crippen molar-refractivity contribution in [1.29, 1.82) is 0 Å². The zero-order chi connectivity index (χ0) is 18.0. The lowest BCUT2D eigenvalue weighted by Gasteiger charge is -2.08. The first-order valence-electron chi connectivity index (χ1n) is 8.05. The van der Waals surface area contributed by atoms with Crippen LogP contribution in [0.1, 0.15) is 40.4 Å². The number of aryl methyl sites for hydroxylation is 1. The smallest absolute Gasteiger partial charge is 0.272 e. The van der Waals surface area contributed by atoms with Gasteiger partial charge in [0.05, 0.1) is 16.9 Å². The molecule has 0 saturated heterocycles. The second-order valence-corrected chi connectivity index (χ2v) is 6.13. The molecule has 0 aliphatic heterocycles. The molecule has 8 nitrogen and oxygen atoms in total. The van der Waals surface area contributed by atoms with Gasteiger partial charge in [0.1, 0.15) is 0 Å². The van der Waals surface area contributed by atoms with E-state index in [0.29, 0.717) is 23.6 Å². The largest absolute Gasteiger partial charge is 0.350 e. The summed E-state index contributed by atoms with van der Waals surface area (Å²) in [7, 11) is 0. The van der Waals surface area contributed by atoms with Crippen molar-refractivity contribution < 1.29 is 9.72 Å². The fourth-order valence-corrected chi connectivity index (χ4v) is 2.60. The first-order chi connectivity index (χ1) is 12.0. The minimum atomic E-state index is -0.484. The fraction of sp³-hybridized carbons (Fsp3) is 0.353. The van der Waals surface area contributed by atoms with E-state index >= 15 is 0 Å². The number of nitro groups is 1. The number of amides is 1. The monoisotopic (exact) mass is 342 g/mol. The predicted molar refractivity (Wildman–Crippen MR) is 90.6 cm³/mol. The maximum Gasteiger partial charge on any atom is 0.272 e. The molecule has 0 atom stereocenters. The van der Waals surface area contributed by atoms with Crippen molar-refractivity contribution in [3.05, 3.63) is 67.9 Å². The molecule has 1 heterocycles. The highest BCUT2D eigenvalue weighted by Crippen LogP contribution is 2.38. The van der Waals surface area contributed by atoms with Crippen molar-refractivity contribution in [2.24, 2.45) is 0 Å². The summed E-state index contributed by atoms with van der Waals surface area (Å²) in [5.74, 6) is 0.0843. The van der Waals surface area contributed by atoms with Crippen LogP contribution in [0.5, 0.6) is 0 Å². The first-order valence-corrected chi connectivity index (χ1v) is 8.05. The maximum atomic E-state index is 12.1. The zero-order valence-corrected chi connectivity index (χ0v) is 13.8. The summed E-state index contributed by atoms with van der Waals surface area (Å²) in [5, 5.41) is 13.5. The van der Waals surface area contributed by atoms with Gasteiger partial charge in [-0.3, -0.25) is 24.3 Å². The SMILES string of the molecule is Cc1cc(C(=O)NCCn2cnc(C3CC3)cc2=O)ccc1[N+](=O)[O-]. The summed E-state index contributed by atoms with van der Waals surface area (Å²) in [6.45, 7) is 2.16. The highest BCUT2D eigenvalue weighted by molar-refractivity contribution is 5.94. The van der Waals surface area contributed by atoms with Crippen LogP contribution < -0.4 is 10.9 Å². The van der Waals surface area contributed by atoms with Crippen LogP contribution in [0, 0.1) is 17.0 Å². The first kappa shape index (κ1) is 16.8. The number of nitrogens with one attached hydrogen (secondary N) is 1. The molecule has 0 spiro atoms. The van der Waals surface area contributed by atoms with Gasteiger partial charge >= 0.3 is 0 Å². The molecule has 130 valence electrons. The Bertz CT molecular complexity index is 886. The molecule has 3 rings (SSSR count). The predicted octanol–water partition coefficient (Wildman–Crippen LogP) is 1.77. The number of nitro benzene ring substituents is 1. The van der Waals surface area contributed by atoms with Crippen molar-refractivity contribution in [2.45, 2.75) is 32.2 Å². The molecule has 0 radical (unpaired) electrons. The van der Waals surface area contributed by atoms with E-state index in [1.165, 1.54) is 29.1 Å². The van der Waals surface area contributed by atoms with E-state index in [1.807, 2.05) is 0 Å². The second-order valence-electron chi connectivity index (χ2n) is 6.13. The van der Waals surface area contributed by atoms with Gasteiger partial charge in [-0.25, -0.2) is 4.98 Å². The van der Waals surface area contributed by atoms with Gasteiger partial charge in [0.15, 0.2) is 0 Å². The minimum absolute atomic E-state index is 0.0232. The number of rotatable bonds is 6. The number of aromatic nitrogens is 2. The number of carbonyl (C=O) groups excluding carboxylic acids is 1. The Morgan fingerprint density at radius 3 is 2.76 bits per heavy atom. The van der Waals surface area contributed by atoms with Gasteiger partial charge in [0.25, 0.3) is 17.2 Å². The lowest BCUT2D eigenvalue weighted by atomic mass is 10.1. The van der Waals surface area contributed by atoms with E-state index in [9.17, 15) is 19.7 Å². The van der Waals surface area contributed by atoms with E-state index in [1.54, 1.807) is 13.0 Å². The molecular formula is C17H18N4O4. The Hall–Kier alpha value is -3.03. The van der Waals surface area contributed by atoms with Gasteiger partial charge in [-0.15, -0.1) is 0 Å². The molecule has 1 N–H and O–H groups in total. The molecule has 2 aromatic rings. The van der Waals surface area contributed by atoms with Crippen LogP contribution in [0.25, 0.3) is 0 Å². The molecule has 25 heavy (non-hydrogen) atoms. The molecule has 1 aromatic carbocycles. The van der Waals surface area contributed by atoms with Crippen LogP contribution >= 0.6 is 0 Å². The lowest BCUT2D eigenvalue weighted by Crippen LogP contribution is -2.31. The molecule has 1 aliphatic rings. The van der Waals surface area contributed by atoms with Crippen LogP contribution in [0.2, 0.25) is 0 Å². The van der Waals surface area contributed by atoms with Crippen molar-refractivity contribution >= 4 is 11.6 Å². The Morgan fingerprint density at radius 1 is 1.40 bits per heavy atom. The zero-order valence-electron chi connectivity index (χ0n) is 13.8. The van der Waals surface area contributed by atoms with Gasteiger partial charge in [0.2, 0.25) is 0 Å². The second kappa shape index (κ2) is 6.84. The number of benzene rings is 1. The third-order valence-corrected chi connectivity index (χ3v) is 4.19. The van der Waals surface area contributed by atoms with Crippen LogP contribution in [0.15, 0.2) is 35.4 Å². The van der Waals surface area contributed by atoms with Crippen LogP contribution in [-0.2, 0) is 6.54 Å². The van der Waals surface area contributed by atoms with Crippen LogP contribution in [0.3, 0.4) is 0 Å². The summed E-state index contributed by atoms with van der Waals surface area (Å²) in [6, 6.07) is 5.76. The average molecular weight is 342 g/mol.